The van der Waals surface area contributed by atoms with Crippen LogP contribution in [0.5, 0.6) is 0 Å². The highest BCUT2D eigenvalue weighted by atomic mass is 32.2. The lowest BCUT2D eigenvalue weighted by Crippen LogP contribution is -2.33. The largest absolute Gasteiger partial charge is 0.405 e. The zero-order valence-electron chi connectivity index (χ0n) is 11.6. The SMILES string of the molecule is Cc1nc(CSc2ccccc2C(=O)NCC(F)(F)F)cs1. The Morgan fingerprint density at radius 2 is 2.09 bits per heavy atom. The Kier molecular flexibility index (Phi) is 5.47. The van der Waals surface area contributed by atoms with Crippen molar-refractivity contribution in [3.8, 4) is 0 Å². The van der Waals surface area contributed by atoms with E-state index in [2.05, 4.69) is 4.98 Å². The van der Waals surface area contributed by atoms with E-state index < -0.39 is 18.6 Å². The first-order valence-electron chi connectivity index (χ1n) is 6.33. The Labute approximate surface area is 134 Å². The van der Waals surface area contributed by atoms with Crippen molar-refractivity contribution in [1.82, 2.24) is 10.3 Å². The minimum atomic E-state index is -4.42. The Bertz CT molecular complexity index is 656. The van der Waals surface area contributed by atoms with Crippen LogP contribution in [0.25, 0.3) is 0 Å². The zero-order valence-corrected chi connectivity index (χ0v) is 13.2. The predicted molar refractivity (Wildman–Crippen MR) is 81.2 cm³/mol. The van der Waals surface area contributed by atoms with E-state index >= 15 is 0 Å². The fraction of sp³-hybridized carbons (Fsp3) is 0.286. The number of nitrogens with zero attached hydrogens (tertiary/aromatic N) is 1. The van der Waals surface area contributed by atoms with Gasteiger partial charge in [-0.3, -0.25) is 4.79 Å². The van der Waals surface area contributed by atoms with Gasteiger partial charge in [-0.1, -0.05) is 12.1 Å². The number of thiazole rings is 1. The molecular formula is C14H13F3N2OS2. The molecule has 1 aromatic carbocycles. The molecule has 0 bridgehead atoms. The maximum Gasteiger partial charge on any atom is 0.405 e. The van der Waals surface area contributed by atoms with E-state index in [4.69, 9.17) is 0 Å². The Hall–Kier alpha value is -1.54. The number of rotatable bonds is 5. The van der Waals surface area contributed by atoms with E-state index in [1.54, 1.807) is 18.2 Å². The van der Waals surface area contributed by atoms with Gasteiger partial charge in [0, 0.05) is 16.0 Å². The van der Waals surface area contributed by atoms with Gasteiger partial charge in [0.1, 0.15) is 6.54 Å². The van der Waals surface area contributed by atoms with Crippen molar-refractivity contribution in [3.63, 3.8) is 0 Å². The first-order valence-corrected chi connectivity index (χ1v) is 8.19. The molecule has 0 aliphatic carbocycles. The van der Waals surface area contributed by atoms with E-state index in [1.165, 1.54) is 29.2 Å². The second kappa shape index (κ2) is 7.15. The van der Waals surface area contributed by atoms with E-state index in [-0.39, 0.29) is 5.56 Å². The van der Waals surface area contributed by atoms with Crippen LogP contribution in [-0.4, -0.2) is 23.6 Å². The number of amides is 1. The fourth-order valence-corrected chi connectivity index (χ4v) is 3.34. The number of carbonyl (C=O) groups is 1. The molecule has 8 heteroatoms. The summed E-state index contributed by atoms with van der Waals surface area (Å²) in [5.74, 6) is -0.164. The molecule has 2 rings (SSSR count). The highest BCUT2D eigenvalue weighted by molar-refractivity contribution is 7.98. The quantitative estimate of drug-likeness (QED) is 0.831. The zero-order chi connectivity index (χ0) is 16.2. The van der Waals surface area contributed by atoms with Crippen LogP contribution in [-0.2, 0) is 5.75 Å². The molecule has 0 unspecified atom stereocenters. The fourth-order valence-electron chi connectivity index (χ4n) is 1.68. The van der Waals surface area contributed by atoms with Crippen molar-refractivity contribution >= 4 is 29.0 Å². The first-order chi connectivity index (χ1) is 10.3. The molecule has 118 valence electrons. The summed E-state index contributed by atoms with van der Waals surface area (Å²) in [6, 6.07) is 6.60. The molecule has 0 aliphatic heterocycles. The number of aryl methyl sites for hydroxylation is 1. The molecule has 0 saturated heterocycles. The van der Waals surface area contributed by atoms with Gasteiger partial charge in [0.15, 0.2) is 0 Å². The number of alkyl halides is 3. The topological polar surface area (TPSA) is 42.0 Å². The summed E-state index contributed by atoms with van der Waals surface area (Å²) in [5.41, 5.74) is 1.13. The molecule has 0 aliphatic rings. The number of halogens is 3. The van der Waals surface area contributed by atoms with Gasteiger partial charge in [0.05, 0.1) is 16.3 Å². The number of hydrogen-bond donors (Lipinski definition) is 1. The second-order valence-corrected chi connectivity index (χ2v) is 6.52. The van der Waals surface area contributed by atoms with Gasteiger partial charge in [-0.05, 0) is 19.1 Å². The Morgan fingerprint density at radius 3 is 2.73 bits per heavy atom. The first kappa shape index (κ1) is 16.8. The highest BCUT2D eigenvalue weighted by Crippen LogP contribution is 2.27. The van der Waals surface area contributed by atoms with Crippen LogP contribution in [0.4, 0.5) is 13.2 Å². The monoisotopic (exact) mass is 346 g/mol. The summed E-state index contributed by atoms with van der Waals surface area (Å²) in [4.78, 5) is 16.8. The Morgan fingerprint density at radius 1 is 1.36 bits per heavy atom. The minimum absolute atomic E-state index is 0.240. The molecular weight excluding hydrogens is 333 g/mol. The third kappa shape index (κ3) is 5.03. The number of hydrogen-bond acceptors (Lipinski definition) is 4. The number of aromatic nitrogens is 1. The second-order valence-electron chi connectivity index (χ2n) is 4.44. The van der Waals surface area contributed by atoms with Crippen molar-refractivity contribution in [2.75, 3.05) is 6.54 Å². The number of benzene rings is 1. The smallest absolute Gasteiger partial charge is 0.343 e. The molecule has 1 N–H and O–H groups in total. The lowest BCUT2D eigenvalue weighted by Gasteiger charge is -2.11. The van der Waals surface area contributed by atoms with Gasteiger partial charge in [0.25, 0.3) is 5.91 Å². The van der Waals surface area contributed by atoms with Gasteiger partial charge in [-0.15, -0.1) is 23.1 Å². The number of nitrogens with one attached hydrogen (secondary N) is 1. The molecule has 1 aromatic heterocycles. The van der Waals surface area contributed by atoms with Crippen molar-refractivity contribution in [3.05, 3.63) is 45.9 Å². The Balaban J connectivity index is 2.04. The molecule has 22 heavy (non-hydrogen) atoms. The van der Waals surface area contributed by atoms with Crippen LogP contribution in [0.3, 0.4) is 0 Å². The molecule has 1 heterocycles. The molecule has 0 fully saturated rings. The van der Waals surface area contributed by atoms with Crippen molar-refractivity contribution in [2.24, 2.45) is 0 Å². The van der Waals surface area contributed by atoms with Crippen LogP contribution < -0.4 is 5.32 Å². The molecule has 1 amide bonds. The van der Waals surface area contributed by atoms with Crippen LogP contribution in [0.2, 0.25) is 0 Å². The summed E-state index contributed by atoms with van der Waals surface area (Å²) in [5, 5.41) is 4.77. The normalized spacial score (nSPS) is 11.5. The van der Waals surface area contributed by atoms with Gasteiger partial charge < -0.3 is 5.32 Å². The van der Waals surface area contributed by atoms with E-state index in [0.717, 1.165) is 10.7 Å². The lowest BCUT2D eigenvalue weighted by atomic mass is 10.2. The molecule has 2 aromatic rings. The van der Waals surface area contributed by atoms with Gasteiger partial charge in [-0.2, -0.15) is 13.2 Å². The average Bonchev–Trinajstić information content (AvgIpc) is 2.88. The third-order valence-electron chi connectivity index (χ3n) is 2.62. The lowest BCUT2D eigenvalue weighted by molar-refractivity contribution is -0.123. The third-order valence-corrected chi connectivity index (χ3v) is 4.55. The van der Waals surface area contributed by atoms with Crippen LogP contribution in [0.1, 0.15) is 21.1 Å². The maximum absolute atomic E-state index is 12.2. The molecule has 0 atom stereocenters. The summed E-state index contributed by atoms with van der Waals surface area (Å²) in [6.45, 7) is 0.563. The average molecular weight is 346 g/mol. The summed E-state index contributed by atoms with van der Waals surface area (Å²) in [7, 11) is 0. The molecule has 0 radical (unpaired) electrons. The van der Waals surface area contributed by atoms with Crippen LogP contribution >= 0.6 is 23.1 Å². The van der Waals surface area contributed by atoms with E-state index in [0.29, 0.717) is 10.6 Å². The molecule has 0 spiro atoms. The summed E-state index contributed by atoms with van der Waals surface area (Å²) in [6.07, 6.45) is -4.42. The van der Waals surface area contributed by atoms with Crippen molar-refractivity contribution in [2.45, 2.75) is 23.7 Å². The van der Waals surface area contributed by atoms with E-state index in [1.807, 2.05) is 17.6 Å². The highest BCUT2D eigenvalue weighted by Gasteiger charge is 2.28. The van der Waals surface area contributed by atoms with Crippen molar-refractivity contribution in [1.29, 1.82) is 0 Å². The summed E-state index contributed by atoms with van der Waals surface area (Å²) >= 11 is 2.91. The van der Waals surface area contributed by atoms with Crippen LogP contribution in [0.15, 0.2) is 34.5 Å². The van der Waals surface area contributed by atoms with Gasteiger partial charge >= 0.3 is 6.18 Å². The molecule has 3 nitrogen and oxygen atoms in total. The van der Waals surface area contributed by atoms with Crippen molar-refractivity contribution < 1.29 is 18.0 Å². The number of thioether (sulfide) groups is 1. The van der Waals surface area contributed by atoms with Gasteiger partial charge in [0.2, 0.25) is 0 Å². The van der Waals surface area contributed by atoms with E-state index in [9.17, 15) is 18.0 Å². The summed E-state index contributed by atoms with van der Waals surface area (Å²) < 4.78 is 36.5. The number of carbonyl (C=O) groups excluding carboxylic acids is 1. The molecule has 0 saturated carbocycles. The minimum Gasteiger partial charge on any atom is -0.343 e. The van der Waals surface area contributed by atoms with Gasteiger partial charge in [-0.25, -0.2) is 4.98 Å². The predicted octanol–water partition coefficient (Wildman–Crippen LogP) is 4.04. The van der Waals surface area contributed by atoms with Crippen LogP contribution in [0, 0.1) is 6.92 Å². The standard InChI is InChI=1S/C14H13F3N2OS2/c1-9-19-10(6-21-9)7-22-12-5-3-2-4-11(12)13(20)18-8-14(15,16)17/h2-6H,7-8H2,1H3,(H,18,20). The maximum atomic E-state index is 12.2.